The number of aromatic nitrogens is 2. The quantitative estimate of drug-likeness (QED) is 0.876. The van der Waals surface area contributed by atoms with Gasteiger partial charge in [0.05, 0.1) is 11.4 Å². The van der Waals surface area contributed by atoms with Crippen LogP contribution in [0, 0.1) is 17.7 Å². The van der Waals surface area contributed by atoms with E-state index in [1.54, 1.807) is 10.7 Å². The summed E-state index contributed by atoms with van der Waals surface area (Å²) in [6, 6.07) is 6.21. The molecule has 0 bridgehead atoms. The third-order valence-corrected chi connectivity index (χ3v) is 2.96. The molecule has 110 valence electrons. The first-order valence-electron chi connectivity index (χ1n) is 6.67. The van der Waals surface area contributed by atoms with Crippen LogP contribution in [0.25, 0.3) is 0 Å². The summed E-state index contributed by atoms with van der Waals surface area (Å²) in [4.78, 5) is 0. The van der Waals surface area contributed by atoms with Gasteiger partial charge in [0.2, 0.25) is 0 Å². The predicted octanol–water partition coefficient (Wildman–Crippen LogP) is 2.04. The van der Waals surface area contributed by atoms with Crippen LogP contribution in [0.2, 0.25) is 0 Å². The molecule has 2 aromatic rings. The molecule has 0 aliphatic rings. The van der Waals surface area contributed by atoms with Crippen LogP contribution in [0.4, 0.5) is 4.39 Å². The number of aryl methyl sites for hydroxylation is 2. The molecular formula is C16H17FN2O2. The van der Waals surface area contributed by atoms with Gasteiger partial charge in [-0.3, -0.25) is 4.68 Å². The fraction of sp³-hybridized carbons (Fsp3) is 0.312. The van der Waals surface area contributed by atoms with Crippen LogP contribution < -0.4 is 4.74 Å². The van der Waals surface area contributed by atoms with Gasteiger partial charge in [-0.1, -0.05) is 18.8 Å². The maximum absolute atomic E-state index is 13.5. The Morgan fingerprint density at radius 3 is 2.81 bits per heavy atom. The molecule has 1 N–H and O–H groups in total. The van der Waals surface area contributed by atoms with Gasteiger partial charge in [0.15, 0.2) is 0 Å². The minimum absolute atomic E-state index is 0.262. The van der Waals surface area contributed by atoms with E-state index >= 15 is 0 Å². The van der Waals surface area contributed by atoms with Crippen molar-refractivity contribution < 1.29 is 14.2 Å². The van der Waals surface area contributed by atoms with Crippen molar-refractivity contribution in [2.75, 3.05) is 6.61 Å². The highest BCUT2D eigenvalue weighted by atomic mass is 19.1. The molecule has 1 aromatic heterocycles. The summed E-state index contributed by atoms with van der Waals surface area (Å²) in [5.41, 5.74) is 2.38. The Labute approximate surface area is 123 Å². The lowest BCUT2D eigenvalue weighted by Gasteiger charge is -2.07. The van der Waals surface area contributed by atoms with E-state index in [1.807, 2.05) is 20.0 Å². The topological polar surface area (TPSA) is 47.3 Å². The van der Waals surface area contributed by atoms with E-state index in [4.69, 9.17) is 9.84 Å². The molecule has 0 saturated carbocycles. The first kappa shape index (κ1) is 15.1. The largest absolute Gasteiger partial charge is 0.487 e. The predicted molar refractivity (Wildman–Crippen MR) is 77.3 cm³/mol. The summed E-state index contributed by atoms with van der Waals surface area (Å²) < 4.78 is 20.8. The van der Waals surface area contributed by atoms with E-state index in [2.05, 4.69) is 16.9 Å². The van der Waals surface area contributed by atoms with Crippen LogP contribution in [-0.4, -0.2) is 21.5 Å². The molecule has 0 unspecified atom stereocenters. The molecule has 0 aliphatic carbocycles. The number of ether oxygens (including phenoxy) is 1. The number of benzene rings is 1. The minimum Gasteiger partial charge on any atom is -0.487 e. The molecule has 2 rings (SSSR count). The fourth-order valence-corrected chi connectivity index (χ4v) is 1.90. The normalized spacial score (nSPS) is 10.1. The van der Waals surface area contributed by atoms with E-state index in [0.717, 1.165) is 17.8 Å². The van der Waals surface area contributed by atoms with Gasteiger partial charge in [0.25, 0.3) is 0 Å². The number of aliphatic hydroxyl groups is 1. The Morgan fingerprint density at radius 1 is 1.33 bits per heavy atom. The van der Waals surface area contributed by atoms with Crippen LogP contribution in [-0.2, 0) is 20.1 Å². The van der Waals surface area contributed by atoms with Gasteiger partial charge >= 0.3 is 0 Å². The van der Waals surface area contributed by atoms with E-state index in [1.165, 1.54) is 12.1 Å². The SMILES string of the molecule is CCc1cc(COc2cc(F)cc(C#CCO)c2)n(C)n1. The Kier molecular flexibility index (Phi) is 4.96. The number of hydrogen-bond donors (Lipinski definition) is 1. The van der Waals surface area contributed by atoms with Gasteiger partial charge < -0.3 is 9.84 Å². The minimum atomic E-state index is -0.422. The molecule has 0 amide bonds. The second kappa shape index (κ2) is 6.91. The van der Waals surface area contributed by atoms with Crippen molar-refractivity contribution in [3.05, 3.63) is 47.0 Å². The number of aliphatic hydroxyl groups excluding tert-OH is 1. The van der Waals surface area contributed by atoms with Crippen molar-refractivity contribution in [1.29, 1.82) is 0 Å². The van der Waals surface area contributed by atoms with Gasteiger partial charge in [-0.2, -0.15) is 5.10 Å². The summed E-state index contributed by atoms with van der Waals surface area (Å²) in [6.07, 6.45) is 0.856. The first-order valence-corrected chi connectivity index (χ1v) is 6.67. The Hall–Kier alpha value is -2.32. The van der Waals surface area contributed by atoms with Crippen LogP contribution in [0.3, 0.4) is 0 Å². The monoisotopic (exact) mass is 288 g/mol. The maximum atomic E-state index is 13.5. The highest BCUT2D eigenvalue weighted by molar-refractivity contribution is 5.40. The van der Waals surface area contributed by atoms with Gasteiger partial charge in [-0.15, -0.1) is 0 Å². The third-order valence-electron chi connectivity index (χ3n) is 2.96. The van der Waals surface area contributed by atoms with Crippen LogP contribution in [0.15, 0.2) is 24.3 Å². The highest BCUT2D eigenvalue weighted by Crippen LogP contribution is 2.17. The number of nitrogens with zero attached hydrogens (tertiary/aromatic N) is 2. The molecule has 0 fully saturated rings. The standard InChI is InChI=1S/C16H17FN2O2/c1-3-14-10-15(19(2)18-14)11-21-16-8-12(5-4-6-20)7-13(17)9-16/h7-10,20H,3,6,11H2,1-2H3. The van der Waals surface area contributed by atoms with Crippen molar-refractivity contribution >= 4 is 0 Å². The van der Waals surface area contributed by atoms with E-state index in [9.17, 15) is 4.39 Å². The van der Waals surface area contributed by atoms with Gasteiger partial charge in [-0.25, -0.2) is 4.39 Å². The van der Waals surface area contributed by atoms with Gasteiger partial charge in [-0.05, 0) is 24.6 Å². The Bertz CT molecular complexity index is 683. The summed E-state index contributed by atoms with van der Waals surface area (Å²) in [5, 5.41) is 13.0. The van der Waals surface area contributed by atoms with Crippen LogP contribution in [0.1, 0.15) is 23.9 Å². The van der Waals surface area contributed by atoms with E-state index in [0.29, 0.717) is 17.9 Å². The summed E-state index contributed by atoms with van der Waals surface area (Å²) in [7, 11) is 1.85. The zero-order valence-corrected chi connectivity index (χ0v) is 12.1. The van der Waals surface area contributed by atoms with Crippen molar-refractivity contribution in [2.24, 2.45) is 7.05 Å². The molecular weight excluding hydrogens is 271 g/mol. The molecule has 0 atom stereocenters. The number of halogens is 1. The summed E-state index contributed by atoms with van der Waals surface area (Å²) in [5.74, 6) is 5.12. The molecule has 1 aromatic carbocycles. The zero-order chi connectivity index (χ0) is 15.2. The molecule has 1 heterocycles. The molecule has 0 aliphatic heterocycles. The van der Waals surface area contributed by atoms with E-state index in [-0.39, 0.29) is 6.61 Å². The first-order chi connectivity index (χ1) is 10.1. The molecule has 21 heavy (non-hydrogen) atoms. The Morgan fingerprint density at radius 2 is 2.14 bits per heavy atom. The smallest absolute Gasteiger partial charge is 0.130 e. The lowest BCUT2D eigenvalue weighted by Crippen LogP contribution is -2.03. The number of rotatable bonds is 4. The van der Waals surface area contributed by atoms with Crippen molar-refractivity contribution in [2.45, 2.75) is 20.0 Å². The second-order valence-corrected chi connectivity index (χ2v) is 4.53. The lowest BCUT2D eigenvalue weighted by molar-refractivity contribution is 0.293. The molecule has 0 spiro atoms. The highest BCUT2D eigenvalue weighted by Gasteiger charge is 2.06. The zero-order valence-electron chi connectivity index (χ0n) is 12.1. The molecule has 5 heteroatoms. The van der Waals surface area contributed by atoms with Crippen LogP contribution in [0.5, 0.6) is 5.75 Å². The Balaban J connectivity index is 2.12. The summed E-state index contributed by atoms with van der Waals surface area (Å²) in [6.45, 7) is 2.08. The third kappa shape index (κ3) is 4.07. The molecule has 0 radical (unpaired) electrons. The van der Waals surface area contributed by atoms with Crippen molar-refractivity contribution in [1.82, 2.24) is 9.78 Å². The van der Waals surface area contributed by atoms with Gasteiger partial charge in [0.1, 0.15) is 24.8 Å². The molecule has 0 saturated heterocycles. The lowest BCUT2D eigenvalue weighted by atomic mass is 10.2. The fourth-order valence-electron chi connectivity index (χ4n) is 1.90. The average Bonchev–Trinajstić information content (AvgIpc) is 2.83. The number of hydrogen-bond acceptors (Lipinski definition) is 3. The van der Waals surface area contributed by atoms with Crippen molar-refractivity contribution in [3.63, 3.8) is 0 Å². The van der Waals surface area contributed by atoms with Crippen LogP contribution >= 0.6 is 0 Å². The molecule has 4 nitrogen and oxygen atoms in total. The van der Waals surface area contributed by atoms with Crippen molar-refractivity contribution in [3.8, 4) is 17.6 Å². The average molecular weight is 288 g/mol. The van der Waals surface area contributed by atoms with E-state index < -0.39 is 5.82 Å². The van der Waals surface area contributed by atoms with Gasteiger partial charge in [0, 0.05) is 18.7 Å². The second-order valence-electron chi connectivity index (χ2n) is 4.53. The maximum Gasteiger partial charge on any atom is 0.130 e. The summed E-state index contributed by atoms with van der Waals surface area (Å²) >= 11 is 0.